The summed E-state index contributed by atoms with van der Waals surface area (Å²) in [5.41, 5.74) is 9.03. The van der Waals surface area contributed by atoms with Crippen LogP contribution in [0.5, 0.6) is 0 Å². The summed E-state index contributed by atoms with van der Waals surface area (Å²) in [6, 6.07) is 16.4. The van der Waals surface area contributed by atoms with E-state index in [1.165, 1.54) is 4.57 Å². The molecule has 1 amide bonds. The largest absolute Gasteiger partial charge is 0.318 e. The topological polar surface area (TPSA) is 81.0 Å². The maximum Gasteiger partial charge on any atom is 0.271 e. The number of para-hydroxylation sites is 1. The van der Waals surface area contributed by atoms with Crippen molar-refractivity contribution in [2.45, 2.75) is 27.3 Å². The predicted octanol–water partition coefficient (Wildman–Crippen LogP) is 4.23. The van der Waals surface area contributed by atoms with Crippen LogP contribution in [0.15, 0.2) is 59.4 Å². The Morgan fingerprint density at radius 3 is 2.48 bits per heavy atom. The lowest BCUT2D eigenvalue weighted by Gasteiger charge is -2.15. The number of rotatable bonds is 5. The van der Waals surface area contributed by atoms with Gasteiger partial charge in [-0.3, -0.25) is 25.0 Å². The summed E-state index contributed by atoms with van der Waals surface area (Å²) in [5.74, 6) is -0.178. The molecule has 2 heterocycles. The number of carbonyl (C=O) groups is 1. The van der Waals surface area contributed by atoms with Crippen molar-refractivity contribution in [3.05, 3.63) is 86.9 Å². The summed E-state index contributed by atoms with van der Waals surface area (Å²) in [7, 11) is 0. The minimum absolute atomic E-state index is 0.177. The van der Waals surface area contributed by atoms with Gasteiger partial charge in [0.15, 0.2) is 0 Å². The molecule has 2 aromatic heterocycles. The van der Waals surface area contributed by atoms with Crippen molar-refractivity contribution in [2.75, 3.05) is 5.43 Å². The molecule has 2 N–H and O–H groups in total. The fraction of sp³-hybridized carbons (Fsp3) is 0.174. The van der Waals surface area contributed by atoms with Crippen LogP contribution in [0.1, 0.15) is 28.7 Å². The maximum atomic E-state index is 12.9. The van der Waals surface area contributed by atoms with Crippen LogP contribution < -0.4 is 16.4 Å². The number of aryl methyl sites for hydroxylation is 2. The fourth-order valence-electron chi connectivity index (χ4n) is 3.64. The molecule has 0 bridgehead atoms. The van der Waals surface area contributed by atoms with Crippen molar-refractivity contribution in [2.24, 2.45) is 0 Å². The minimum atomic E-state index is -0.431. The molecule has 158 valence electrons. The first kappa shape index (κ1) is 20.7. The average Bonchev–Trinajstić information content (AvgIpc) is 3.10. The van der Waals surface area contributed by atoms with Crippen LogP contribution in [0.2, 0.25) is 5.02 Å². The molecule has 8 heteroatoms. The van der Waals surface area contributed by atoms with Gasteiger partial charge in [-0.2, -0.15) is 0 Å². The Balaban J connectivity index is 1.64. The van der Waals surface area contributed by atoms with Crippen molar-refractivity contribution in [3.63, 3.8) is 0 Å². The number of hydrogen-bond acceptors (Lipinski definition) is 4. The molecule has 4 aromatic rings. The van der Waals surface area contributed by atoms with Crippen LogP contribution in [0.25, 0.3) is 16.6 Å². The zero-order chi connectivity index (χ0) is 22.1. The number of benzene rings is 2. The number of hydrogen-bond donors (Lipinski definition) is 2. The first-order chi connectivity index (χ1) is 14.9. The number of aromatic nitrogens is 3. The van der Waals surface area contributed by atoms with Crippen molar-refractivity contribution >= 4 is 34.4 Å². The van der Waals surface area contributed by atoms with Crippen LogP contribution in [0, 0.1) is 13.8 Å². The third-order valence-corrected chi connectivity index (χ3v) is 5.52. The Labute approximate surface area is 184 Å². The number of amides is 1. The van der Waals surface area contributed by atoms with Crippen LogP contribution in [0.3, 0.4) is 0 Å². The summed E-state index contributed by atoms with van der Waals surface area (Å²) in [5, 5.41) is 0.847. The predicted molar refractivity (Wildman–Crippen MR) is 123 cm³/mol. The quantitative estimate of drug-likeness (QED) is 0.459. The van der Waals surface area contributed by atoms with E-state index in [9.17, 15) is 9.59 Å². The van der Waals surface area contributed by atoms with Gasteiger partial charge in [-0.1, -0.05) is 23.7 Å². The summed E-state index contributed by atoms with van der Waals surface area (Å²) in [6.45, 7) is 6.24. The summed E-state index contributed by atoms with van der Waals surface area (Å²) in [6.07, 6.45) is 0. The highest BCUT2D eigenvalue weighted by Crippen LogP contribution is 2.23. The van der Waals surface area contributed by atoms with Crippen LogP contribution in [-0.2, 0) is 6.54 Å². The number of anilines is 1. The second-order valence-electron chi connectivity index (χ2n) is 7.20. The molecule has 0 aliphatic rings. The Morgan fingerprint density at radius 1 is 1.06 bits per heavy atom. The Morgan fingerprint density at radius 2 is 1.77 bits per heavy atom. The lowest BCUT2D eigenvalue weighted by Crippen LogP contribution is -2.34. The monoisotopic (exact) mass is 435 g/mol. The second kappa shape index (κ2) is 8.28. The van der Waals surface area contributed by atoms with Gasteiger partial charge in [0.2, 0.25) is 5.95 Å². The van der Waals surface area contributed by atoms with E-state index in [1.54, 1.807) is 30.3 Å². The maximum absolute atomic E-state index is 12.9. The van der Waals surface area contributed by atoms with Gasteiger partial charge < -0.3 is 4.57 Å². The molecule has 4 rings (SSSR count). The number of carbonyl (C=O) groups excluding carboxylic acids is 1. The van der Waals surface area contributed by atoms with Gasteiger partial charge in [-0.15, -0.1) is 0 Å². The Bertz CT molecular complexity index is 1340. The van der Waals surface area contributed by atoms with Crippen molar-refractivity contribution in [1.29, 1.82) is 0 Å². The zero-order valence-corrected chi connectivity index (χ0v) is 18.2. The van der Waals surface area contributed by atoms with Crippen molar-refractivity contribution in [3.8, 4) is 5.69 Å². The molecule has 0 saturated heterocycles. The Kier molecular flexibility index (Phi) is 5.52. The van der Waals surface area contributed by atoms with E-state index in [-0.39, 0.29) is 11.5 Å². The highest BCUT2D eigenvalue weighted by atomic mass is 35.5. The summed E-state index contributed by atoms with van der Waals surface area (Å²) in [4.78, 5) is 30.1. The molecule has 0 fully saturated rings. The molecular formula is C23H22ClN5O2. The number of halogens is 1. The molecule has 0 unspecified atom stereocenters. The molecule has 7 nitrogen and oxygen atoms in total. The first-order valence-corrected chi connectivity index (χ1v) is 10.3. The van der Waals surface area contributed by atoms with Crippen molar-refractivity contribution < 1.29 is 4.79 Å². The standard InChI is InChI=1S/C23H22ClN5O2/c1-4-28-22(31)17-7-5-6-8-20(17)25-23(28)27-26-21(30)18-13-16(11-12-19(18)24)29-14(2)9-10-15(29)3/h5-13H,4H2,1-3H3,(H,25,27)(H,26,30). The van der Waals surface area contributed by atoms with Crippen LogP contribution in [0.4, 0.5) is 5.95 Å². The number of hydrazine groups is 1. The molecule has 0 saturated carbocycles. The van der Waals surface area contributed by atoms with E-state index in [0.717, 1.165) is 17.1 Å². The normalized spacial score (nSPS) is 11.0. The molecule has 0 radical (unpaired) electrons. The number of nitrogens with zero attached hydrogens (tertiary/aromatic N) is 3. The highest BCUT2D eigenvalue weighted by Gasteiger charge is 2.15. The minimum Gasteiger partial charge on any atom is -0.318 e. The first-order valence-electron chi connectivity index (χ1n) is 9.91. The van der Waals surface area contributed by atoms with E-state index in [1.807, 2.05) is 49.6 Å². The van der Waals surface area contributed by atoms with Gasteiger partial charge in [-0.25, -0.2) is 4.98 Å². The van der Waals surface area contributed by atoms with E-state index in [0.29, 0.717) is 28.0 Å². The number of nitrogens with one attached hydrogen (secondary N) is 2. The van der Waals surface area contributed by atoms with E-state index >= 15 is 0 Å². The fourth-order valence-corrected chi connectivity index (χ4v) is 3.84. The summed E-state index contributed by atoms with van der Waals surface area (Å²) >= 11 is 6.31. The van der Waals surface area contributed by atoms with Gasteiger partial charge in [0, 0.05) is 23.6 Å². The lowest BCUT2D eigenvalue weighted by molar-refractivity contribution is 0.0962. The third-order valence-electron chi connectivity index (χ3n) is 5.19. The second-order valence-corrected chi connectivity index (χ2v) is 7.60. The molecule has 2 aromatic carbocycles. The molecule has 0 spiro atoms. The van der Waals surface area contributed by atoms with E-state index in [4.69, 9.17) is 11.6 Å². The van der Waals surface area contributed by atoms with E-state index in [2.05, 4.69) is 15.8 Å². The van der Waals surface area contributed by atoms with Crippen LogP contribution in [-0.4, -0.2) is 20.0 Å². The molecule has 31 heavy (non-hydrogen) atoms. The van der Waals surface area contributed by atoms with E-state index < -0.39 is 5.91 Å². The third kappa shape index (κ3) is 3.80. The van der Waals surface area contributed by atoms with Gasteiger partial charge in [-0.05, 0) is 63.2 Å². The highest BCUT2D eigenvalue weighted by molar-refractivity contribution is 6.34. The van der Waals surface area contributed by atoms with Gasteiger partial charge >= 0.3 is 0 Å². The van der Waals surface area contributed by atoms with Gasteiger partial charge in [0.1, 0.15) is 0 Å². The number of fused-ring (bicyclic) bond motifs is 1. The van der Waals surface area contributed by atoms with Crippen molar-refractivity contribution in [1.82, 2.24) is 19.5 Å². The molecule has 0 aliphatic carbocycles. The van der Waals surface area contributed by atoms with Crippen LogP contribution >= 0.6 is 11.6 Å². The molecular weight excluding hydrogens is 414 g/mol. The van der Waals surface area contributed by atoms with Gasteiger partial charge in [0.05, 0.1) is 21.5 Å². The lowest BCUT2D eigenvalue weighted by atomic mass is 10.2. The smallest absolute Gasteiger partial charge is 0.271 e. The molecule has 0 aliphatic heterocycles. The SMILES string of the molecule is CCn1c(NNC(=O)c2cc(-n3c(C)ccc3C)ccc2Cl)nc2ccccc2c1=O. The van der Waals surface area contributed by atoms with Gasteiger partial charge in [0.25, 0.3) is 11.5 Å². The summed E-state index contributed by atoms with van der Waals surface area (Å²) < 4.78 is 3.51. The Hall–Kier alpha value is -3.58. The molecule has 0 atom stereocenters. The zero-order valence-electron chi connectivity index (χ0n) is 17.4. The average molecular weight is 436 g/mol.